The van der Waals surface area contributed by atoms with Gasteiger partial charge in [-0.05, 0) is 42.7 Å². The Kier molecular flexibility index (Phi) is 5.38. The average molecular weight is 341 g/mol. The molecule has 2 aromatic rings. The zero-order chi connectivity index (χ0) is 17.6. The predicted molar refractivity (Wildman–Crippen MR) is 91.1 cm³/mol. The third kappa shape index (κ3) is 4.41. The van der Waals surface area contributed by atoms with Gasteiger partial charge in [0.15, 0.2) is 0 Å². The van der Waals surface area contributed by atoms with Crippen molar-refractivity contribution in [3.63, 3.8) is 0 Å². The maximum absolute atomic E-state index is 12.9. The largest absolute Gasteiger partial charge is 0.352 e. The van der Waals surface area contributed by atoms with Gasteiger partial charge in [0, 0.05) is 31.7 Å². The summed E-state index contributed by atoms with van der Waals surface area (Å²) >= 11 is 0. The van der Waals surface area contributed by atoms with Crippen molar-refractivity contribution in [3.8, 4) is 0 Å². The standard InChI is InChI=1S/C19H20FN3O2/c20-16-6-4-14(5-7-16)13-22-18(24)15-8-11-23(12-9-15)19(25)17-3-1-2-10-21-17/h1-7,10,15H,8-9,11-13H2,(H,22,24). The number of nitrogens with zero attached hydrogens (tertiary/aromatic N) is 2. The lowest BCUT2D eigenvalue weighted by Crippen LogP contribution is -2.43. The van der Waals surface area contributed by atoms with Crippen LogP contribution in [0.4, 0.5) is 4.39 Å². The summed E-state index contributed by atoms with van der Waals surface area (Å²) in [4.78, 5) is 30.5. The smallest absolute Gasteiger partial charge is 0.272 e. The van der Waals surface area contributed by atoms with Crippen LogP contribution in [0.1, 0.15) is 28.9 Å². The van der Waals surface area contributed by atoms with Gasteiger partial charge in [0.1, 0.15) is 11.5 Å². The zero-order valence-corrected chi connectivity index (χ0v) is 13.8. The average Bonchev–Trinajstić information content (AvgIpc) is 2.67. The summed E-state index contributed by atoms with van der Waals surface area (Å²) in [6.07, 6.45) is 2.87. The molecule has 5 nitrogen and oxygen atoms in total. The third-order valence-electron chi connectivity index (χ3n) is 4.42. The number of amides is 2. The Labute approximate surface area is 145 Å². The molecular formula is C19H20FN3O2. The van der Waals surface area contributed by atoms with Crippen molar-refractivity contribution in [1.29, 1.82) is 0 Å². The molecule has 0 atom stereocenters. The minimum atomic E-state index is -0.292. The lowest BCUT2D eigenvalue weighted by atomic mass is 9.95. The molecular weight excluding hydrogens is 321 g/mol. The maximum atomic E-state index is 12.9. The lowest BCUT2D eigenvalue weighted by molar-refractivity contribution is -0.126. The molecule has 0 spiro atoms. The molecule has 0 unspecified atom stereocenters. The van der Waals surface area contributed by atoms with Gasteiger partial charge in [0.25, 0.3) is 5.91 Å². The third-order valence-corrected chi connectivity index (χ3v) is 4.42. The number of hydrogen-bond donors (Lipinski definition) is 1. The number of hydrogen-bond acceptors (Lipinski definition) is 3. The van der Waals surface area contributed by atoms with Crippen molar-refractivity contribution in [2.75, 3.05) is 13.1 Å². The van der Waals surface area contributed by atoms with Crippen LogP contribution in [0.3, 0.4) is 0 Å². The maximum Gasteiger partial charge on any atom is 0.272 e. The van der Waals surface area contributed by atoms with Gasteiger partial charge < -0.3 is 10.2 Å². The summed E-state index contributed by atoms with van der Waals surface area (Å²) in [5.74, 6) is -0.506. The van der Waals surface area contributed by atoms with E-state index in [0.717, 1.165) is 5.56 Å². The van der Waals surface area contributed by atoms with E-state index in [0.29, 0.717) is 38.2 Å². The van der Waals surface area contributed by atoms with Crippen molar-refractivity contribution in [2.45, 2.75) is 19.4 Å². The molecule has 0 saturated carbocycles. The fourth-order valence-corrected chi connectivity index (χ4v) is 2.93. The second kappa shape index (κ2) is 7.88. The monoisotopic (exact) mass is 341 g/mol. The minimum absolute atomic E-state index is 0.0192. The number of likely N-dealkylation sites (tertiary alicyclic amines) is 1. The van der Waals surface area contributed by atoms with E-state index in [1.54, 1.807) is 41.4 Å². The number of rotatable bonds is 4. The van der Waals surface area contributed by atoms with Gasteiger partial charge in [-0.25, -0.2) is 4.39 Å². The molecule has 25 heavy (non-hydrogen) atoms. The highest BCUT2D eigenvalue weighted by Crippen LogP contribution is 2.19. The molecule has 3 rings (SSSR count). The van der Waals surface area contributed by atoms with Crippen LogP contribution < -0.4 is 5.32 Å². The summed E-state index contributed by atoms with van der Waals surface area (Å²) in [5.41, 5.74) is 1.29. The first kappa shape index (κ1) is 17.1. The fourth-order valence-electron chi connectivity index (χ4n) is 2.93. The quantitative estimate of drug-likeness (QED) is 0.929. The van der Waals surface area contributed by atoms with Gasteiger partial charge in [0.2, 0.25) is 5.91 Å². The summed E-state index contributed by atoms with van der Waals surface area (Å²) in [7, 11) is 0. The summed E-state index contributed by atoms with van der Waals surface area (Å²) < 4.78 is 12.9. The highest BCUT2D eigenvalue weighted by atomic mass is 19.1. The van der Waals surface area contributed by atoms with Crippen LogP contribution in [0.15, 0.2) is 48.7 Å². The Hall–Kier alpha value is -2.76. The van der Waals surface area contributed by atoms with Gasteiger partial charge in [-0.3, -0.25) is 14.6 Å². The summed E-state index contributed by atoms with van der Waals surface area (Å²) in [6, 6.07) is 11.3. The highest BCUT2D eigenvalue weighted by Gasteiger charge is 2.28. The first-order valence-electron chi connectivity index (χ1n) is 8.36. The molecule has 1 aromatic carbocycles. The number of carbonyl (C=O) groups is 2. The van der Waals surface area contributed by atoms with Crippen molar-refractivity contribution in [3.05, 3.63) is 65.7 Å². The van der Waals surface area contributed by atoms with Crippen LogP contribution >= 0.6 is 0 Å². The van der Waals surface area contributed by atoms with Crippen LogP contribution in [-0.4, -0.2) is 34.8 Å². The van der Waals surface area contributed by atoms with Crippen molar-refractivity contribution in [2.24, 2.45) is 5.92 Å². The second-order valence-electron chi connectivity index (χ2n) is 6.13. The molecule has 1 aromatic heterocycles. The normalized spacial score (nSPS) is 15.0. The minimum Gasteiger partial charge on any atom is -0.352 e. The second-order valence-corrected chi connectivity index (χ2v) is 6.13. The van der Waals surface area contributed by atoms with E-state index in [-0.39, 0.29) is 23.5 Å². The number of benzene rings is 1. The Morgan fingerprint density at radius 3 is 2.48 bits per heavy atom. The molecule has 0 aliphatic carbocycles. The van der Waals surface area contributed by atoms with Gasteiger partial charge in [-0.2, -0.15) is 0 Å². The van der Waals surface area contributed by atoms with E-state index in [1.165, 1.54) is 12.1 Å². The molecule has 1 fully saturated rings. The molecule has 0 bridgehead atoms. The Balaban J connectivity index is 1.47. The Bertz CT molecular complexity index is 726. The Morgan fingerprint density at radius 1 is 1.12 bits per heavy atom. The lowest BCUT2D eigenvalue weighted by Gasteiger charge is -2.31. The summed E-state index contributed by atoms with van der Waals surface area (Å²) in [6.45, 7) is 1.47. The van der Waals surface area contributed by atoms with Crippen molar-refractivity contribution in [1.82, 2.24) is 15.2 Å². The number of carbonyl (C=O) groups excluding carboxylic acids is 2. The molecule has 1 N–H and O–H groups in total. The number of aromatic nitrogens is 1. The van der Waals surface area contributed by atoms with Gasteiger partial charge in [-0.15, -0.1) is 0 Å². The number of halogens is 1. The van der Waals surface area contributed by atoms with Crippen LogP contribution in [0, 0.1) is 11.7 Å². The first-order chi connectivity index (χ1) is 12.1. The molecule has 2 heterocycles. The van der Waals surface area contributed by atoms with E-state index < -0.39 is 0 Å². The van der Waals surface area contributed by atoms with E-state index in [1.807, 2.05) is 0 Å². The molecule has 0 radical (unpaired) electrons. The molecule has 130 valence electrons. The molecule has 2 amide bonds. The topological polar surface area (TPSA) is 62.3 Å². The van der Waals surface area contributed by atoms with Crippen LogP contribution in [0.5, 0.6) is 0 Å². The molecule has 6 heteroatoms. The van der Waals surface area contributed by atoms with Crippen LogP contribution in [0.25, 0.3) is 0 Å². The Morgan fingerprint density at radius 2 is 1.84 bits per heavy atom. The van der Waals surface area contributed by atoms with Crippen molar-refractivity contribution < 1.29 is 14.0 Å². The molecule has 1 aliphatic heterocycles. The SMILES string of the molecule is O=C(NCc1ccc(F)cc1)C1CCN(C(=O)c2ccccn2)CC1. The fraction of sp³-hybridized carbons (Fsp3) is 0.316. The number of pyridine rings is 1. The number of nitrogens with one attached hydrogen (secondary N) is 1. The van der Waals surface area contributed by atoms with E-state index in [9.17, 15) is 14.0 Å². The summed E-state index contributed by atoms with van der Waals surface area (Å²) in [5, 5.41) is 2.89. The first-order valence-corrected chi connectivity index (χ1v) is 8.36. The molecule has 1 aliphatic rings. The van der Waals surface area contributed by atoms with Gasteiger partial charge in [0.05, 0.1) is 0 Å². The van der Waals surface area contributed by atoms with Crippen molar-refractivity contribution >= 4 is 11.8 Å². The predicted octanol–water partition coefficient (Wildman–Crippen LogP) is 2.39. The van der Waals surface area contributed by atoms with E-state index >= 15 is 0 Å². The van der Waals surface area contributed by atoms with Crippen LogP contribution in [-0.2, 0) is 11.3 Å². The highest BCUT2D eigenvalue weighted by molar-refractivity contribution is 5.92. The molecule has 1 saturated heterocycles. The zero-order valence-electron chi connectivity index (χ0n) is 13.8. The van der Waals surface area contributed by atoms with Gasteiger partial charge in [-0.1, -0.05) is 18.2 Å². The van der Waals surface area contributed by atoms with Gasteiger partial charge >= 0.3 is 0 Å². The van der Waals surface area contributed by atoms with Crippen LogP contribution in [0.2, 0.25) is 0 Å². The van der Waals surface area contributed by atoms with E-state index in [4.69, 9.17) is 0 Å². The number of piperidine rings is 1. The van der Waals surface area contributed by atoms with E-state index in [2.05, 4.69) is 10.3 Å².